The van der Waals surface area contributed by atoms with E-state index in [0.29, 0.717) is 32.6 Å². The summed E-state index contributed by atoms with van der Waals surface area (Å²) < 4.78 is 5.17. The van der Waals surface area contributed by atoms with Crippen LogP contribution in [0.15, 0.2) is 41.8 Å². The summed E-state index contributed by atoms with van der Waals surface area (Å²) in [4.78, 5) is 17.5. The first-order valence-corrected chi connectivity index (χ1v) is 9.17. The fourth-order valence-corrected chi connectivity index (χ4v) is 3.75. The van der Waals surface area contributed by atoms with E-state index in [1.165, 1.54) is 0 Å². The topological polar surface area (TPSA) is 56.6 Å². The number of thiophene rings is 1. The third kappa shape index (κ3) is 4.19. The van der Waals surface area contributed by atoms with Crippen LogP contribution >= 0.6 is 11.3 Å². The zero-order chi connectivity index (χ0) is 17.6. The molecule has 2 aromatic rings. The monoisotopic (exact) mass is 355 g/mol. The van der Waals surface area contributed by atoms with Crippen molar-refractivity contribution in [2.75, 3.05) is 33.3 Å². The van der Waals surface area contributed by atoms with Gasteiger partial charge in [-0.05, 0) is 29.1 Å². The van der Waals surface area contributed by atoms with Gasteiger partial charge in [-0.2, -0.15) is 5.26 Å². The summed E-state index contributed by atoms with van der Waals surface area (Å²) >= 11 is 1.61. The van der Waals surface area contributed by atoms with E-state index in [1.807, 2.05) is 46.7 Å². The van der Waals surface area contributed by atoms with E-state index in [4.69, 9.17) is 4.74 Å². The van der Waals surface area contributed by atoms with Gasteiger partial charge >= 0.3 is 0 Å². The smallest absolute Gasteiger partial charge is 0.227 e. The van der Waals surface area contributed by atoms with E-state index in [9.17, 15) is 10.1 Å². The average Bonchev–Trinajstić information content (AvgIpc) is 3.16. The number of methoxy groups -OCH3 is 1. The predicted octanol–water partition coefficient (Wildman–Crippen LogP) is 2.71. The summed E-state index contributed by atoms with van der Waals surface area (Å²) in [5.41, 5.74) is 0.960. The zero-order valence-electron chi connectivity index (χ0n) is 14.2. The molecular weight excluding hydrogens is 334 g/mol. The lowest BCUT2D eigenvalue weighted by molar-refractivity contribution is -0.132. The first-order chi connectivity index (χ1) is 12.2. The maximum Gasteiger partial charge on any atom is 0.227 e. The van der Waals surface area contributed by atoms with Crippen molar-refractivity contribution in [3.8, 4) is 11.8 Å². The minimum atomic E-state index is -0.291. The van der Waals surface area contributed by atoms with Crippen LogP contribution in [-0.4, -0.2) is 49.0 Å². The van der Waals surface area contributed by atoms with Crippen LogP contribution in [0.5, 0.6) is 5.75 Å². The van der Waals surface area contributed by atoms with Gasteiger partial charge in [0.1, 0.15) is 11.8 Å². The van der Waals surface area contributed by atoms with Crippen LogP contribution in [0, 0.1) is 11.3 Å². The Morgan fingerprint density at radius 1 is 1.24 bits per heavy atom. The second-order valence-electron chi connectivity index (χ2n) is 5.98. The zero-order valence-corrected chi connectivity index (χ0v) is 15.0. The van der Waals surface area contributed by atoms with Crippen LogP contribution in [0.3, 0.4) is 0 Å². The maximum atomic E-state index is 12.4. The van der Waals surface area contributed by atoms with Crippen molar-refractivity contribution in [1.82, 2.24) is 9.80 Å². The minimum absolute atomic E-state index is 0.167. The lowest BCUT2D eigenvalue weighted by Crippen LogP contribution is -2.49. The van der Waals surface area contributed by atoms with Gasteiger partial charge in [-0.3, -0.25) is 9.69 Å². The van der Waals surface area contributed by atoms with Crippen LogP contribution < -0.4 is 4.74 Å². The normalized spacial score (nSPS) is 16.2. The van der Waals surface area contributed by atoms with Gasteiger partial charge in [-0.25, -0.2) is 0 Å². The van der Waals surface area contributed by atoms with Gasteiger partial charge in [0.2, 0.25) is 5.91 Å². The lowest BCUT2D eigenvalue weighted by Gasteiger charge is -2.37. The van der Waals surface area contributed by atoms with Crippen LogP contribution in [0.2, 0.25) is 0 Å². The molecule has 1 aromatic heterocycles. The SMILES string of the molecule is COc1ccc(C(C#N)N2CCN(C(=O)Cc3cccs3)CC2)cc1. The molecule has 3 rings (SSSR count). The number of hydrogen-bond donors (Lipinski definition) is 0. The molecule has 1 fully saturated rings. The third-order valence-corrected chi connectivity index (χ3v) is 5.37. The van der Waals surface area contributed by atoms with Gasteiger partial charge in [0.05, 0.1) is 19.6 Å². The summed E-state index contributed by atoms with van der Waals surface area (Å²) in [7, 11) is 1.63. The summed E-state index contributed by atoms with van der Waals surface area (Å²) in [5.74, 6) is 0.949. The van der Waals surface area contributed by atoms with Gasteiger partial charge in [0, 0.05) is 31.1 Å². The van der Waals surface area contributed by atoms with E-state index in [2.05, 4.69) is 11.0 Å². The molecule has 130 valence electrons. The predicted molar refractivity (Wildman–Crippen MR) is 97.5 cm³/mol. The lowest BCUT2D eigenvalue weighted by atomic mass is 10.1. The Hall–Kier alpha value is -2.36. The van der Waals surface area contributed by atoms with Gasteiger partial charge < -0.3 is 9.64 Å². The molecule has 1 amide bonds. The van der Waals surface area contributed by atoms with Crippen molar-refractivity contribution in [2.24, 2.45) is 0 Å². The van der Waals surface area contributed by atoms with Crippen molar-refractivity contribution in [3.05, 3.63) is 52.2 Å². The number of nitrogens with zero attached hydrogens (tertiary/aromatic N) is 3. The number of carbonyl (C=O) groups excluding carboxylic acids is 1. The molecule has 0 N–H and O–H groups in total. The highest BCUT2D eigenvalue weighted by molar-refractivity contribution is 7.10. The summed E-state index contributed by atoms with van der Waals surface area (Å²) in [5, 5.41) is 11.6. The highest BCUT2D eigenvalue weighted by atomic mass is 32.1. The fraction of sp³-hybridized carbons (Fsp3) is 0.368. The molecular formula is C19H21N3O2S. The number of hydrogen-bond acceptors (Lipinski definition) is 5. The number of carbonyl (C=O) groups is 1. The Morgan fingerprint density at radius 2 is 1.96 bits per heavy atom. The van der Waals surface area contributed by atoms with Crippen LogP contribution in [0.1, 0.15) is 16.5 Å². The number of piperazine rings is 1. The number of amides is 1. The van der Waals surface area contributed by atoms with E-state index in [0.717, 1.165) is 16.2 Å². The summed E-state index contributed by atoms with van der Waals surface area (Å²) in [6.07, 6.45) is 0.470. The van der Waals surface area contributed by atoms with E-state index >= 15 is 0 Å². The number of rotatable bonds is 5. The van der Waals surface area contributed by atoms with Crippen molar-refractivity contribution < 1.29 is 9.53 Å². The molecule has 25 heavy (non-hydrogen) atoms. The summed E-state index contributed by atoms with van der Waals surface area (Å²) in [6.45, 7) is 2.75. The van der Waals surface area contributed by atoms with Crippen LogP contribution in [0.25, 0.3) is 0 Å². The molecule has 0 saturated carbocycles. The minimum Gasteiger partial charge on any atom is -0.497 e. The second kappa shape index (κ2) is 8.15. The third-order valence-electron chi connectivity index (χ3n) is 4.49. The van der Waals surface area contributed by atoms with E-state index in [-0.39, 0.29) is 11.9 Å². The van der Waals surface area contributed by atoms with Crippen molar-refractivity contribution in [2.45, 2.75) is 12.5 Å². The van der Waals surface area contributed by atoms with Crippen molar-refractivity contribution in [3.63, 3.8) is 0 Å². The van der Waals surface area contributed by atoms with E-state index in [1.54, 1.807) is 18.4 Å². The largest absolute Gasteiger partial charge is 0.497 e. The van der Waals surface area contributed by atoms with Crippen LogP contribution in [0.4, 0.5) is 0 Å². The van der Waals surface area contributed by atoms with Crippen molar-refractivity contribution in [1.29, 1.82) is 5.26 Å². The first-order valence-electron chi connectivity index (χ1n) is 8.29. The molecule has 0 bridgehead atoms. The molecule has 1 aromatic carbocycles. The number of ether oxygens (including phenoxy) is 1. The summed E-state index contributed by atoms with van der Waals surface area (Å²) in [6, 6.07) is 13.7. The number of benzene rings is 1. The highest BCUT2D eigenvalue weighted by Crippen LogP contribution is 2.24. The molecule has 1 atom stereocenters. The molecule has 0 spiro atoms. The van der Waals surface area contributed by atoms with Gasteiger partial charge in [-0.1, -0.05) is 18.2 Å². The molecule has 5 nitrogen and oxygen atoms in total. The Morgan fingerprint density at radius 3 is 2.52 bits per heavy atom. The van der Waals surface area contributed by atoms with Gasteiger partial charge in [0.25, 0.3) is 0 Å². The Bertz CT molecular complexity index is 729. The molecule has 1 aliphatic rings. The Labute approximate surface area is 152 Å². The molecule has 1 aliphatic heterocycles. The Balaban J connectivity index is 1.58. The molecule has 0 radical (unpaired) electrons. The maximum absolute atomic E-state index is 12.4. The fourth-order valence-electron chi connectivity index (χ4n) is 3.06. The standard InChI is InChI=1S/C19H21N3O2S/c1-24-16-6-4-15(5-7-16)18(14-20)21-8-10-22(11-9-21)19(23)13-17-3-2-12-25-17/h2-7,12,18H,8-11,13H2,1H3. The molecule has 0 aliphatic carbocycles. The second-order valence-corrected chi connectivity index (χ2v) is 7.01. The average molecular weight is 355 g/mol. The highest BCUT2D eigenvalue weighted by Gasteiger charge is 2.27. The molecule has 6 heteroatoms. The number of nitriles is 1. The van der Waals surface area contributed by atoms with Gasteiger partial charge in [0.15, 0.2) is 0 Å². The van der Waals surface area contributed by atoms with Crippen molar-refractivity contribution >= 4 is 17.2 Å². The molecule has 2 heterocycles. The van der Waals surface area contributed by atoms with Crippen LogP contribution in [-0.2, 0) is 11.2 Å². The molecule has 1 unspecified atom stereocenters. The van der Waals surface area contributed by atoms with Gasteiger partial charge in [-0.15, -0.1) is 11.3 Å². The molecule has 1 saturated heterocycles. The van der Waals surface area contributed by atoms with E-state index < -0.39 is 0 Å². The first kappa shape index (κ1) is 17.5. The Kier molecular flexibility index (Phi) is 5.69. The quantitative estimate of drug-likeness (QED) is 0.827.